The summed E-state index contributed by atoms with van der Waals surface area (Å²) in [5.74, 6) is -0.405. The highest BCUT2D eigenvalue weighted by Crippen LogP contribution is 2.25. The van der Waals surface area contributed by atoms with Gasteiger partial charge in [0.25, 0.3) is 11.8 Å². The Balaban J connectivity index is 1.84. The fourth-order valence-corrected chi connectivity index (χ4v) is 2.74. The van der Waals surface area contributed by atoms with Gasteiger partial charge in [-0.15, -0.1) is 0 Å². The molecule has 0 N–H and O–H groups in total. The first-order valence-electron chi connectivity index (χ1n) is 8.38. The third kappa shape index (κ3) is 3.44. The zero-order chi connectivity index (χ0) is 18.7. The Hall–Kier alpha value is -3.15. The van der Waals surface area contributed by atoms with Crippen LogP contribution in [0.3, 0.4) is 0 Å². The molecule has 0 fully saturated rings. The molecule has 0 saturated heterocycles. The maximum Gasteiger partial charge on any atom is 0.270 e. The van der Waals surface area contributed by atoms with Crippen LogP contribution in [0, 0.1) is 0 Å². The largest absolute Gasteiger partial charge is 0.494 e. The lowest BCUT2D eigenvalue weighted by Crippen LogP contribution is -2.44. The predicted molar refractivity (Wildman–Crippen MR) is 94.5 cm³/mol. The van der Waals surface area contributed by atoms with Crippen LogP contribution in [0.2, 0.25) is 0 Å². The number of carbonyl (C=O) groups is 3. The van der Waals surface area contributed by atoms with Crippen molar-refractivity contribution in [3.8, 4) is 11.5 Å². The van der Waals surface area contributed by atoms with Crippen LogP contribution in [-0.4, -0.2) is 41.8 Å². The molecule has 1 aliphatic heterocycles. The second-order valence-electron chi connectivity index (χ2n) is 5.87. The average molecular weight is 353 g/mol. The smallest absolute Gasteiger partial charge is 0.270 e. The molecule has 0 aliphatic carbocycles. The first kappa shape index (κ1) is 17.7. The van der Waals surface area contributed by atoms with Crippen molar-refractivity contribution in [1.82, 2.24) is 4.90 Å². The Morgan fingerprint density at radius 3 is 2.50 bits per heavy atom. The van der Waals surface area contributed by atoms with Crippen LogP contribution in [0.25, 0.3) is 0 Å². The molecular weight excluding hydrogens is 334 g/mol. The summed E-state index contributed by atoms with van der Waals surface area (Å²) in [6.07, 6.45) is -0.851. The third-order valence-electron chi connectivity index (χ3n) is 4.07. The molecule has 2 amide bonds. The number of amides is 2. The Labute approximate surface area is 151 Å². The molecule has 0 radical (unpaired) electrons. The van der Waals surface area contributed by atoms with E-state index in [9.17, 15) is 14.4 Å². The highest BCUT2D eigenvalue weighted by molar-refractivity contribution is 6.12. The normalized spacial score (nSPS) is 16.5. The number of ketones is 1. The molecule has 6 heteroatoms. The van der Waals surface area contributed by atoms with Crippen LogP contribution >= 0.6 is 0 Å². The molecule has 0 saturated carbocycles. The van der Waals surface area contributed by atoms with E-state index in [1.54, 1.807) is 55.5 Å². The number of para-hydroxylation sites is 1. The van der Waals surface area contributed by atoms with Crippen molar-refractivity contribution in [1.29, 1.82) is 0 Å². The number of imide groups is 1. The van der Waals surface area contributed by atoms with Crippen LogP contribution in [0.1, 0.15) is 34.6 Å². The highest BCUT2D eigenvalue weighted by Gasteiger charge is 2.35. The van der Waals surface area contributed by atoms with E-state index >= 15 is 0 Å². The summed E-state index contributed by atoms with van der Waals surface area (Å²) in [6, 6.07) is 13.2. The fourth-order valence-electron chi connectivity index (χ4n) is 2.74. The SMILES string of the molecule is CCOc1ccc(C(=O)CN2C(=O)c3ccccc3O[C@@H](C)C2=O)cc1. The molecule has 0 spiro atoms. The van der Waals surface area contributed by atoms with Crippen LogP contribution in [0.4, 0.5) is 0 Å². The van der Waals surface area contributed by atoms with Gasteiger partial charge in [0.1, 0.15) is 11.5 Å². The highest BCUT2D eigenvalue weighted by atomic mass is 16.5. The minimum Gasteiger partial charge on any atom is -0.494 e. The predicted octanol–water partition coefficient (Wildman–Crippen LogP) is 2.72. The standard InChI is InChI=1S/C20H19NO5/c1-3-25-15-10-8-14(9-11-15)17(22)12-21-19(23)13(2)26-18-7-5-4-6-16(18)20(21)24/h4-11,13H,3,12H2,1-2H3/t13-/m0/s1. The van der Waals surface area contributed by atoms with Crippen LogP contribution in [-0.2, 0) is 4.79 Å². The van der Waals surface area contributed by atoms with E-state index < -0.39 is 17.9 Å². The number of hydrogen-bond donors (Lipinski definition) is 0. The molecule has 0 unspecified atom stereocenters. The van der Waals surface area contributed by atoms with Crippen molar-refractivity contribution >= 4 is 17.6 Å². The molecule has 3 rings (SSSR count). The molecule has 6 nitrogen and oxygen atoms in total. The van der Waals surface area contributed by atoms with E-state index in [4.69, 9.17) is 9.47 Å². The molecule has 0 aromatic heterocycles. The number of fused-ring (bicyclic) bond motifs is 1. The van der Waals surface area contributed by atoms with Gasteiger partial charge in [-0.25, -0.2) is 0 Å². The van der Waals surface area contributed by atoms with Gasteiger partial charge in [-0.3, -0.25) is 19.3 Å². The molecule has 2 aromatic rings. The van der Waals surface area contributed by atoms with Gasteiger partial charge in [-0.05, 0) is 50.2 Å². The minimum absolute atomic E-state index is 0.268. The van der Waals surface area contributed by atoms with E-state index in [0.29, 0.717) is 23.7 Å². The second kappa shape index (κ2) is 7.39. The Morgan fingerprint density at radius 2 is 1.81 bits per heavy atom. The summed E-state index contributed by atoms with van der Waals surface area (Å²) in [7, 11) is 0. The lowest BCUT2D eigenvalue weighted by molar-refractivity contribution is -0.134. The molecule has 134 valence electrons. The zero-order valence-electron chi connectivity index (χ0n) is 14.6. The number of benzene rings is 2. The molecule has 26 heavy (non-hydrogen) atoms. The monoisotopic (exact) mass is 353 g/mol. The van der Waals surface area contributed by atoms with E-state index in [1.165, 1.54) is 0 Å². The summed E-state index contributed by atoms with van der Waals surface area (Å²) >= 11 is 0. The summed E-state index contributed by atoms with van der Waals surface area (Å²) < 4.78 is 10.9. The Morgan fingerprint density at radius 1 is 1.12 bits per heavy atom. The maximum atomic E-state index is 12.8. The number of ether oxygens (including phenoxy) is 2. The van der Waals surface area contributed by atoms with Crippen molar-refractivity contribution in [2.45, 2.75) is 20.0 Å². The van der Waals surface area contributed by atoms with Gasteiger partial charge in [0, 0.05) is 5.56 Å². The van der Waals surface area contributed by atoms with Crippen molar-refractivity contribution < 1.29 is 23.9 Å². The number of nitrogens with zero attached hydrogens (tertiary/aromatic N) is 1. The molecule has 2 aromatic carbocycles. The number of hydrogen-bond acceptors (Lipinski definition) is 5. The molecule has 1 aliphatic rings. The van der Waals surface area contributed by atoms with E-state index in [2.05, 4.69) is 0 Å². The molecular formula is C20H19NO5. The molecule has 1 heterocycles. The average Bonchev–Trinajstić information content (AvgIpc) is 2.73. The summed E-state index contributed by atoms with van der Waals surface area (Å²) in [5, 5.41) is 0. The van der Waals surface area contributed by atoms with Crippen molar-refractivity contribution in [3.63, 3.8) is 0 Å². The van der Waals surface area contributed by atoms with E-state index in [-0.39, 0.29) is 17.9 Å². The Kier molecular flexibility index (Phi) is 5.02. The summed E-state index contributed by atoms with van der Waals surface area (Å²) in [4.78, 5) is 38.8. The van der Waals surface area contributed by atoms with Gasteiger partial charge in [-0.1, -0.05) is 12.1 Å². The Bertz CT molecular complexity index is 844. The first-order chi connectivity index (χ1) is 12.5. The number of rotatable bonds is 5. The van der Waals surface area contributed by atoms with Gasteiger partial charge in [-0.2, -0.15) is 0 Å². The van der Waals surface area contributed by atoms with Crippen molar-refractivity contribution in [2.24, 2.45) is 0 Å². The van der Waals surface area contributed by atoms with Crippen molar-refractivity contribution in [3.05, 3.63) is 59.7 Å². The quantitative estimate of drug-likeness (QED) is 0.610. The summed E-state index contributed by atoms with van der Waals surface area (Å²) in [6.45, 7) is 3.62. The molecule has 0 bridgehead atoms. The molecule has 1 atom stereocenters. The number of carbonyl (C=O) groups excluding carboxylic acids is 3. The van der Waals surface area contributed by atoms with Crippen LogP contribution < -0.4 is 9.47 Å². The first-order valence-corrected chi connectivity index (χ1v) is 8.38. The third-order valence-corrected chi connectivity index (χ3v) is 4.07. The van der Waals surface area contributed by atoms with Gasteiger partial charge >= 0.3 is 0 Å². The topological polar surface area (TPSA) is 72.9 Å². The second-order valence-corrected chi connectivity index (χ2v) is 5.87. The maximum absolute atomic E-state index is 12.8. The van der Waals surface area contributed by atoms with E-state index in [0.717, 1.165) is 4.90 Å². The summed E-state index contributed by atoms with van der Waals surface area (Å²) in [5.41, 5.74) is 0.671. The van der Waals surface area contributed by atoms with E-state index in [1.807, 2.05) is 6.92 Å². The lowest BCUT2D eigenvalue weighted by Gasteiger charge is -2.19. The van der Waals surface area contributed by atoms with Gasteiger partial charge < -0.3 is 9.47 Å². The van der Waals surface area contributed by atoms with Gasteiger partial charge in [0.05, 0.1) is 18.7 Å². The zero-order valence-corrected chi connectivity index (χ0v) is 14.6. The lowest BCUT2D eigenvalue weighted by atomic mass is 10.1. The van der Waals surface area contributed by atoms with Gasteiger partial charge in [0.15, 0.2) is 11.9 Å². The van der Waals surface area contributed by atoms with Crippen LogP contribution in [0.15, 0.2) is 48.5 Å². The number of Topliss-reactive ketones (excluding diaryl/α,β-unsaturated/α-hetero) is 1. The van der Waals surface area contributed by atoms with Crippen molar-refractivity contribution in [2.75, 3.05) is 13.2 Å². The fraction of sp³-hybridized carbons (Fsp3) is 0.250. The van der Waals surface area contributed by atoms with Crippen LogP contribution in [0.5, 0.6) is 11.5 Å². The minimum atomic E-state index is -0.851. The van der Waals surface area contributed by atoms with Gasteiger partial charge in [0.2, 0.25) is 0 Å².